The highest BCUT2D eigenvalue weighted by Crippen LogP contribution is 2.14. The van der Waals surface area contributed by atoms with Gasteiger partial charge in [-0.3, -0.25) is 14.4 Å². The highest BCUT2D eigenvalue weighted by atomic mass is 16.6. The molecule has 0 aliphatic rings. The fourth-order valence-electron chi connectivity index (χ4n) is 1.81. The van der Waals surface area contributed by atoms with Gasteiger partial charge in [0.15, 0.2) is 0 Å². The van der Waals surface area contributed by atoms with Gasteiger partial charge in [0, 0.05) is 11.1 Å². The largest absolute Gasteiger partial charge is 0.322 e. The van der Waals surface area contributed by atoms with Crippen molar-refractivity contribution in [1.82, 2.24) is 10.5 Å². The molecule has 2 aromatic rings. The molecule has 0 unspecified atom stereocenters. The molecule has 5 heteroatoms. The maximum absolute atomic E-state index is 11.4. The summed E-state index contributed by atoms with van der Waals surface area (Å²) in [5, 5.41) is 0.912. The predicted molar refractivity (Wildman–Crippen MR) is 68.2 cm³/mol. The molecule has 1 aromatic heterocycles. The topological polar surface area (TPSA) is 71.2 Å². The van der Waals surface area contributed by atoms with E-state index in [9.17, 15) is 9.59 Å². The molecule has 1 aromatic carbocycles. The van der Waals surface area contributed by atoms with E-state index in [0.29, 0.717) is 5.56 Å². The van der Waals surface area contributed by atoms with Crippen molar-refractivity contribution in [3.05, 3.63) is 45.7 Å². The number of aryl methyl sites for hydroxylation is 1. The van der Waals surface area contributed by atoms with Crippen LogP contribution in [0.1, 0.15) is 11.1 Å². The van der Waals surface area contributed by atoms with Crippen molar-refractivity contribution in [3.8, 4) is 0 Å². The van der Waals surface area contributed by atoms with Crippen molar-refractivity contribution in [2.75, 3.05) is 7.11 Å². The van der Waals surface area contributed by atoms with Gasteiger partial charge in [0.05, 0.1) is 13.5 Å². The van der Waals surface area contributed by atoms with Crippen LogP contribution in [0.4, 0.5) is 0 Å². The van der Waals surface area contributed by atoms with Crippen LogP contribution in [-0.2, 0) is 16.1 Å². The Balaban J connectivity index is 2.35. The third-order valence-corrected chi connectivity index (χ3v) is 2.67. The number of hydroxylamine groups is 1. The molecule has 0 bridgehead atoms. The maximum Gasteiger partial charge on any atom is 0.251 e. The molecule has 0 spiro atoms. The van der Waals surface area contributed by atoms with Gasteiger partial charge in [0.25, 0.3) is 5.56 Å². The second-order valence-electron chi connectivity index (χ2n) is 4.11. The van der Waals surface area contributed by atoms with Crippen molar-refractivity contribution in [2.24, 2.45) is 0 Å². The number of aromatic nitrogens is 1. The first-order chi connectivity index (χ1) is 8.60. The summed E-state index contributed by atoms with van der Waals surface area (Å²) in [6.45, 7) is 1.75. The van der Waals surface area contributed by atoms with Crippen LogP contribution in [0.25, 0.3) is 10.9 Å². The summed E-state index contributed by atoms with van der Waals surface area (Å²) < 4.78 is 0. The highest BCUT2D eigenvalue weighted by Gasteiger charge is 2.05. The minimum absolute atomic E-state index is 0.0904. The normalized spacial score (nSPS) is 10.6. The van der Waals surface area contributed by atoms with E-state index in [4.69, 9.17) is 0 Å². The van der Waals surface area contributed by atoms with Gasteiger partial charge in [-0.1, -0.05) is 6.07 Å². The molecule has 18 heavy (non-hydrogen) atoms. The van der Waals surface area contributed by atoms with Gasteiger partial charge in [-0.2, -0.15) is 0 Å². The molecule has 1 amide bonds. The summed E-state index contributed by atoms with van der Waals surface area (Å²) in [5.41, 5.74) is 4.46. The van der Waals surface area contributed by atoms with Gasteiger partial charge in [0.1, 0.15) is 0 Å². The molecule has 5 nitrogen and oxygen atoms in total. The van der Waals surface area contributed by atoms with Crippen LogP contribution in [0.3, 0.4) is 0 Å². The van der Waals surface area contributed by atoms with Crippen molar-refractivity contribution in [1.29, 1.82) is 0 Å². The summed E-state index contributed by atoms with van der Waals surface area (Å²) in [5.74, 6) is -0.210. The lowest BCUT2D eigenvalue weighted by Crippen LogP contribution is -2.23. The van der Waals surface area contributed by atoms with Crippen LogP contribution >= 0.6 is 0 Å². The zero-order chi connectivity index (χ0) is 13.1. The van der Waals surface area contributed by atoms with E-state index in [0.717, 1.165) is 16.5 Å². The van der Waals surface area contributed by atoms with Crippen LogP contribution in [0, 0.1) is 6.92 Å². The molecular formula is C13H14N2O3. The standard InChI is InChI=1S/C13H14N2O3/c1-8-5-10-6-9(7-12(16)15-18-2)3-4-11(10)14-13(8)17/h3-6H,7H2,1-2H3,(H,14,17)(H,15,16). The predicted octanol–water partition coefficient (Wildman–Crippen LogP) is 1.06. The summed E-state index contributed by atoms with van der Waals surface area (Å²) in [6, 6.07) is 7.30. The Morgan fingerprint density at radius 1 is 1.39 bits per heavy atom. The summed E-state index contributed by atoms with van der Waals surface area (Å²) >= 11 is 0. The first kappa shape index (κ1) is 12.3. The second kappa shape index (κ2) is 5.01. The average molecular weight is 246 g/mol. The summed E-state index contributed by atoms with van der Waals surface area (Å²) in [4.78, 5) is 30.2. The van der Waals surface area contributed by atoms with Crippen LogP contribution in [0.15, 0.2) is 29.1 Å². The number of nitrogens with one attached hydrogen (secondary N) is 2. The number of hydrogen-bond acceptors (Lipinski definition) is 3. The third-order valence-electron chi connectivity index (χ3n) is 2.67. The lowest BCUT2D eigenvalue weighted by Gasteiger charge is -2.04. The smallest absolute Gasteiger partial charge is 0.251 e. The molecule has 0 saturated carbocycles. The number of pyridine rings is 1. The number of benzene rings is 1. The fourth-order valence-corrected chi connectivity index (χ4v) is 1.81. The van der Waals surface area contributed by atoms with E-state index in [-0.39, 0.29) is 17.9 Å². The van der Waals surface area contributed by atoms with Crippen LogP contribution in [0.2, 0.25) is 0 Å². The van der Waals surface area contributed by atoms with Crippen molar-refractivity contribution in [2.45, 2.75) is 13.3 Å². The first-order valence-corrected chi connectivity index (χ1v) is 5.54. The molecule has 94 valence electrons. The zero-order valence-electron chi connectivity index (χ0n) is 10.2. The Labute approximate surface area is 104 Å². The number of carbonyl (C=O) groups is 1. The lowest BCUT2D eigenvalue weighted by atomic mass is 10.1. The Morgan fingerprint density at radius 3 is 2.89 bits per heavy atom. The Bertz CT molecular complexity index is 646. The lowest BCUT2D eigenvalue weighted by molar-refractivity contribution is -0.130. The molecule has 0 fully saturated rings. The summed E-state index contributed by atoms with van der Waals surface area (Å²) in [7, 11) is 1.40. The van der Waals surface area contributed by atoms with Gasteiger partial charge in [-0.15, -0.1) is 0 Å². The number of hydrogen-bond donors (Lipinski definition) is 2. The number of aromatic amines is 1. The zero-order valence-corrected chi connectivity index (χ0v) is 10.2. The molecule has 0 atom stereocenters. The number of amides is 1. The van der Waals surface area contributed by atoms with Crippen molar-refractivity contribution in [3.63, 3.8) is 0 Å². The van der Waals surface area contributed by atoms with Crippen LogP contribution in [-0.4, -0.2) is 18.0 Å². The van der Waals surface area contributed by atoms with Gasteiger partial charge >= 0.3 is 0 Å². The van der Waals surface area contributed by atoms with Crippen molar-refractivity contribution >= 4 is 16.8 Å². The Morgan fingerprint density at radius 2 is 2.17 bits per heavy atom. The number of carbonyl (C=O) groups excluding carboxylic acids is 1. The monoisotopic (exact) mass is 246 g/mol. The van der Waals surface area contributed by atoms with Gasteiger partial charge in [-0.05, 0) is 36.1 Å². The van der Waals surface area contributed by atoms with E-state index in [2.05, 4.69) is 15.3 Å². The molecule has 0 saturated heterocycles. The minimum atomic E-state index is -0.210. The molecule has 0 aliphatic heterocycles. The Kier molecular flexibility index (Phi) is 3.43. The van der Waals surface area contributed by atoms with Gasteiger partial charge in [0.2, 0.25) is 5.91 Å². The average Bonchev–Trinajstić information content (AvgIpc) is 2.31. The minimum Gasteiger partial charge on any atom is -0.322 e. The molecule has 2 rings (SSSR count). The third kappa shape index (κ3) is 2.57. The SMILES string of the molecule is CONC(=O)Cc1ccc2[nH]c(=O)c(C)cc2c1. The molecule has 1 heterocycles. The number of H-pyrrole nitrogens is 1. The van der Waals surface area contributed by atoms with E-state index < -0.39 is 0 Å². The van der Waals surface area contributed by atoms with Crippen LogP contribution in [0.5, 0.6) is 0 Å². The highest BCUT2D eigenvalue weighted by molar-refractivity contribution is 5.83. The van der Waals surface area contributed by atoms with E-state index in [1.54, 1.807) is 13.0 Å². The second-order valence-corrected chi connectivity index (χ2v) is 4.11. The first-order valence-electron chi connectivity index (χ1n) is 5.54. The van der Waals surface area contributed by atoms with Crippen LogP contribution < -0.4 is 11.0 Å². The number of rotatable bonds is 3. The molecule has 0 aliphatic carbocycles. The Hall–Kier alpha value is -2.14. The van der Waals surface area contributed by atoms with E-state index >= 15 is 0 Å². The molecule has 0 radical (unpaired) electrons. The van der Waals surface area contributed by atoms with Gasteiger partial charge in [-0.25, -0.2) is 5.48 Å². The quantitative estimate of drug-likeness (QED) is 0.795. The number of fused-ring (bicyclic) bond motifs is 1. The van der Waals surface area contributed by atoms with E-state index in [1.165, 1.54) is 7.11 Å². The fraction of sp³-hybridized carbons (Fsp3) is 0.231. The molecule has 2 N–H and O–H groups in total. The van der Waals surface area contributed by atoms with Gasteiger partial charge < -0.3 is 4.98 Å². The van der Waals surface area contributed by atoms with Crippen molar-refractivity contribution < 1.29 is 9.63 Å². The molecular weight excluding hydrogens is 232 g/mol. The maximum atomic E-state index is 11.4. The summed E-state index contributed by atoms with van der Waals surface area (Å²) in [6.07, 6.45) is 0.238. The van der Waals surface area contributed by atoms with E-state index in [1.807, 2.05) is 18.2 Å².